The molecule has 0 unspecified atom stereocenters. The summed E-state index contributed by atoms with van der Waals surface area (Å²) in [5.74, 6) is 0. The van der Waals surface area contributed by atoms with Crippen molar-refractivity contribution in [3.63, 3.8) is 0 Å². The van der Waals surface area contributed by atoms with Crippen LogP contribution in [0.1, 0.15) is 26.3 Å². The van der Waals surface area contributed by atoms with Crippen LogP contribution in [0.5, 0.6) is 0 Å². The zero-order valence-electron chi connectivity index (χ0n) is 9.73. The molecule has 83 valence electrons. The van der Waals surface area contributed by atoms with Crippen LogP contribution in [0.15, 0.2) is 30.5 Å². The molecular weight excluding hydrogens is 202 g/mol. The van der Waals surface area contributed by atoms with Crippen molar-refractivity contribution in [2.24, 2.45) is 0 Å². The molecule has 0 spiro atoms. The number of carbonyl (C=O) groups is 1. The smallest absolute Gasteiger partial charge is 0.410 e. The Balaban J connectivity index is 2.20. The first-order valence-corrected chi connectivity index (χ1v) is 5.27. The maximum atomic E-state index is 11.9. The van der Waals surface area contributed by atoms with Crippen LogP contribution in [-0.4, -0.2) is 11.7 Å². The highest BCUT2D eigenvalue weighted by atomic mass is 16.6. The van der Waals surface area contributed by atoms with Gasteiger partial charge in [-0.05, 0) is 26.8 Å². The van der Waals surface area contributed by atoms with Gasteiger partial charge in [-0.2, -0.15) is 4.79 Å². The van der Waals surface area contributed by atoms with Gasteiger partial charge in [-0.25, -0.2) is 0 Å². The van der Waals surface area contributed by atoms with Gasteiger partial charge in [0.2, 0.25) is 5.69 Å². The van der Waals surface area contributed by atoms with E-state index in [0.29, 0.717) is 0 Å². The molecule has 1 aromatic rings. The lowest BCUT2D eigenvalue weighted by atomic mass is 10.2. The summed E-state index contributed by atoms with van der Waals surface area (Å²) in [6.45, 7) is 5.57. The van der Waals surface area contributed by atoms with Crippen LogP contribution >= 0.6 is 0 Å². The molecule has 1 aliphatic heterocycles. The molecule has 0 saturated heterocycles. The van der Waals surface area contributed by atoms with E-state index in [-0.39, 0.29) is 6.09 Å². The van der Waals surface area contributed by atoms with Gasteiger partial charge in [-0.1, -0.05) is 12.1 Å². The van der Waals surface area contributed by atoms with Crippen molar-refractivity contribution in [2.45, 2.75) is 26.4 Å². The maximum Gasteiger partial charge on any atom is 0.578 e. The lowest BCUT2D eigenvalue weighted by molar-refractivity contribution is 0.0496. The van der Waals surface area contributed by atoms with Crippen molar-refractivity contribution >= 4 is 17.9 Å². The minimum Gasteiger partial charge on any atom is -0.410 e. The fourth-order valence-corrected chi connectivity index (χ4v) is 1.55. The largest absolute Gasteiger partial charge is 0.578 e. The van der Waals surface area contributed by atoms with Gasteiger partial charge in [-0.3, -0.25) is 0 Å². The van der Waals surface area contributed by atoms with E-state index in [0.717, 1.165) is 11.3 Å². The summed E-state index contributed by atoms with van der Waals surface area (Å²) in [6, 6.07) is 7.72. The molecule has 1 aromatic carbocycles. The summed E-state index contributed by atoms with van der Waals surface area (Å²) in [4.78, 5) is 13.4. The number of carbonyl (C=O) groups excluding carboxylic acids is 1. The Bertz CT molecular complexity index is 443. The third-order valence-corrected chi connectivity index (χ3v) is 2.19. The Hall–Kier alpha value is -1.61. The number of fused-ring (bicyclic) bond motifs is 1. The van der Waals surface area contributed by atoms with E-state index in [2.05, 4.69) is 0 Å². The van der Waals surface area contributed by atoms with Gasteiger partial charge in [0.15, 0.2) is 6.20 Å². The Labute approximate surface area is 95.3 Å². The van der Waals surface area contributed by atoms with Crippen LogP contribution in [0.25, 0.3) is 6.08 Å². The highest BCUT2D eigenvalue weighted by molar-refractivity contribution is 5.87. The number of para-hydroxylation sites is 1. The van der Waals surface area contributed by atoms with Crippen molar-refractivity contribution in [1.29, 1.82) is 0 Å². The van der Waals surface area contributed by atoms with Crippen molar-refractivity contribution < 1.29 is 9.53 Å². The zero-order chi connectivity index (χ0) is 11.8. The molecule has 0 fully saturated rings. The van der Waals surface area contributed by atoms with Crippen molar-refractivity contribution in [2.75, 3.05) is 0 Å². The zero-order valence-corrected chi connectivity index (χ0v) is 9.73. The highest BCUT2D eigenvalue weighted by Crippen LogP contribution is 2.28. The summed E-state index contributed by atoms with van der Waals surface area (Å²) in [5, 5.41) is 0. The molecule has 1 amide bonds. The van der Waals surface area contributed by atoms with Crippen molar-refractivity contribution in [3.8, 4) is 0 Å². The number of hydrogen-bond acceptors (Lipinski definition) is 2. The van der Waals surface area contributed by atoms with Gasteiger partial charge >= 0.3 is 6.09 Å². The van der Waals surface area contributed by atoms with Crippen molar-refractivity contribution in [3.05, 3.63) is 36.0 Å². The van der Waals surface area contributed by atoms with E-state index >= 15 is 0 Å². The first-order valence-electron chi connectivity index (χ1n) is 5.27. The number of nitrogens with zero attached hydrogens (tertiary/aromatic N) is 1. The molecule has 0 aromatic heterocycles. The van der Waals surface area contributed by atoms with Gasteiger partial charge in [0.1, 0.15) is 5.60 Å². The van der Waals surface area contributed by atoms with E-state index in [1.807, 2.05) is 51.1 Å². The minimum absolute atomic E-state index is 0.339. The molecule has 0 saturated carbocycles. The lowest BCUT2D eigenvalue weighted by Crippen LogP contribution is -2.33. The topological polar surface area (TPSA) is 32.2 Å². The van der Waals surface area contributed by atoms with E-state index < -0.39 is 5.60 Å². The second-order valence-corrected chi connectivity index (χ2v) is 4.72. The molecular formula is C13H15NO2+. The quantitative estimate of drug-likeness (QED) is 0.624. The average Bonchev–Trinajstić information content (AvgIpc) is 2.58. The third-order valence-electron chi connectivity index (χ3n) is 2.19. The third kappa shape index (κ3) is 2.14. The Morgan fingerprint density at radius 3 is 2.62 bits per heavy atom. The number of rotatable bonds is 0. The van der Waals surface area contributed by atoms with E-state index in [1.165, 1.54) is 4.90 Å². The van der Waals surface area contributed by atoms with Crippen LogP contribution in [-0.2, 0) is 4.74 Å². The molecule has 0 aliphatic carbocycles. The number of amides is 1. The molecule has 3 heteroatoms. The lowest BCUT2D eigenvalue weighted by Gasteiger charge is -2.17. The standard InChI is InChI=1S/C13H15NO2/c1-13(2,3)16-12(15)14-9-8-10-6-4-5-7-11(10)14/h4-9H,1-3H3/q+1. The van der Waals surface area contributed by atoms with Gasteiger partial charge in [0.25, 0.3) is 0 Å². The molecule has 3 nitrogen and oxygen atoms in total. The second kappa shape index (κ2) is 3.76. The average molecular weight is 217 g/mol. The summed E-state index contributed by atoms with van der Waals surface area (Å²) in [7, 11) is 0. The van der Waals surface area contributed by atoms with E-state index in [4.69, 9.17) is 4.74 Å². The van der Waals surface area contributed by atoms with Crippen LogP contribution in [0.4, 0.5) is 10.5 Å². The molecule has 1 aliphatic rings. The maximum absolute atomic E-state index is 11.9. The molecule has 2 rings (SSSR count). The van der Waals surface area contributed by atoms with Crippen LogP contribution in [0.3, 0.4) is 0 Å². The van der Waals surface area contributed by atoms with Crippen molar-refractivity contribution in [1.82, 2.24) is 4.90 Å². The summed E-state index contributed by atoms with van der Waals surface area (Å²) in [5.41, 5.74) is 1.44. The van der Waals surface area contributed by atoms with Gasteiger partial charge in [0.05, 0.1) is 0 Å². The molecule has 0 atom stereocenters. The number of hydrogen-bond donors (Lipinski definition) is 0. The van der Waals surface area contributed by atoms with E-state index in [9.17, 15) is 4.79 Å². The number of ether oxygens (including phenoxy) is 1. The van der Waals surface area contributed by atoms with Gasteiger partial charge < -0.3 is 4.74 Å². The Kier molecular flexibility index (Phi) is 2.56. The monoisotopic (exact) mass is 217 g/mol. The van der Waals surface area contributed by atoms with Crippen LogP contribution in [0, 0.1) is 0 Å². The molecule has 16 heavy (non-hydrogen) atoms. The normalized spacial score (nSPS) is 14.9. The second-order valence-electron chi connectivity index (χ2n) is 4.72. The SMILES string of the molecule is CC(C)(C)OC(=O)[N+]1C=Cc2ccccc21. The van der Waals surface area contributed by atoms with Crippen LogP contribution in [0.2, 0.25) is 0 Å². The molecule has 1 radical (unpaired) electrons. The van der Waals surface area contributed by atoms with Gasteiger partial charge in [-0.15, -0.1) is 0 Å². The minimum atomic E-state index is -0.470. The Morgan fingerprint density at radius 2 is 1.94 bits per heavy atom. The summed E-state index contributed by atoms with van der Waals surface area (Å²) in [6.07, 6.45) is 3.30. The first-order chi connectivity index (χ1) is 7.47. The molecule has 0 bridgehead atoms. The fourth-order valence-electron chi connectivity index (χ4n) is 1.55. The summed E-state index contributed by atoms with van der Waals surface area (Å²) >= 11 is 0. The fraction of sp³-hybridized carbons (Fsp3) is 0.308. The molecule has 0 N–H and O–H groups in total. The highest BCUT2D eigenvalue weighted by Gasteiger charge is 2.37. The number of anilines is 1. The Morgan fingerprint density at radius 1 is 1.25 bits per heavy atom. The van der Waals surface area contributed by atoms with Gasteiger partial charge in [0, 0.05) is 22.6 Å². The predicted molar refractivity (Wildman–Crippen MR) is 63.5 cm³/mol. The predicted octanol–water partition coefficient (Wildman–Crippen LogP) is 3.38. The van der Waals surface area contributed by atoms with Crippen LogP contribution < -0.4 is 4.90 Å². The number of benzene rings is 1. The van der Waals surface area contributed by atoms with E-state index in [1.54, 1.807) is 6.20 Å². The summed E-state index contributed by atoms with van der Waals surface area (Å²) < 4.78 is 5.31. The first kappa shape index (κ1) is 10.9. The molecule has 1 heterocycles.